The maximum absolute atomic E-state index is 10.6. The van der Waals surface area contributed by atoms with E-state index in [0.717, 1.165) is 33.3 Å². The number of pyridine rings is 1. The summed E-state index contributed by atoms with van der Waals surface area (Å²) >= 11 is 0. The van der Waals surface area contributed by atoms with E-state index in [9.17, 15) is 5.11 Å². The van der Waals surface area contributed by atoms with E-state index in [0.29, 0.717) is 0 Å². The number of aromatic nitrogens is 1. The number of hydrogen-bond acceptors (Lipinski definition) is 3. The number of nitrogens with zero attached hydrogens (tertiary/aromatic N) is 4. The van der Waals surface area contributed by atoms with Gasteiger partial charge < -0.3 is 5.11 Å². The molecule has 0 aliphatic heterocycles. The molecule has 5 nitrogen and oxygen atoms in total. The molecular formula is C17H12N4O. The molecule has 0 amide bonds. The fraction of sp³-hybridized carbons (Fsp3) is 0.118. The standard InChI is InChI=1S/C17H12N4O/c18-21-20-16-13-9-10-5-1-4-8-14(10)19-15(13)11-6-2-3-7-12(11)17(16)22/h1-9,16-17,22H/t16-,17-/m1/s1. The summed E-state index contributed by atoms with van der Waals surface area (Å²) in [5, 5.41) is 15.3. The first-order valence-corrected chi connectivity index (χ1v) is 7.01. The molecule has 0 spiro atoms. The molecule has 0 saturated heterocycles. The SMILES string of the molecule is [N-]=[N+]=N[C@@H]1c2cc3ccccc3nc2-c2ccccc2[C@H]1O. The van der Waals surface area contributed by atoms with Gasteiger partial charge >= 0.3 is 0 Å². The monoisotopic (exact) mass is 288 g/mol. The normalized spacial score (nSPS) is 19.1. The molecule has 3 aromatic rings. The first-order valence-electron chi connectivity index (χ1n) is 7.01. The molecule has 4 rings (SSSR count). The van der Waals surface area contributed by atoms with E-state index in [-0.39, 0.29) is 0 Å². The Morgan fingerprint density at radius 2 is 1.82 bits per heavy atom. The van der Waals surface area contributed by atoms with Crippen molar-refractivity contribution in [3.8, 4) is 11.3 Å². The zero-order valence-corrected chi connectivity index (χ0v) is 11.6. The van der Waals surface area contributed by atoms with Crippen molar-refractivity contribution in [2.24, 2.45) is 5.11 Å². The van der Waals surface area contributed by atoms with Crippen LogP contribution in [0.1, 0.15) is 23.3 Å². The lowest BCUT2D eigenvalue weighted by Gasteiger charge is -2.29. The van der Waals surface area contributed by atoms with Crippen molar-refractivity contribution in [3.05, 3.63) is 76.2 Å². The highest BCUT2D eigenvalue weighted by Gasteiger charge is 2.32. The van der Waals surface area contributed by atoms with Gasteiger partial charge in [0.1, 0.15) is 0 Å². The van der Waals surface area contributed by atoms with Gasteiger partial charge in [-0.05, 0) is 28.8 Å². The van der Waals surface area contributed by atoms with Gasteiger partial charge in [-0.25, -0.2) is 4.98 Å². The van der Waals surface area contributed by atoms with Crippen molar-refractivity contribution in [2.45, 2.75) is 12.1 Å². The summed E-state index contributed by atoms with van der Waals surface area (Å²) < 4.78 is 0. The Kier molecular flexibility index (Phi) is 2.82. The Bertz CT molecular complexity index is 931. The Balaban J connectivity index is 2.10. The average molecular weight is 288 g/mol. The Hall–Kier alpha value is -2.88. The maximum Gasteiger partial charge on any atom is 0.0948 e. The van der Waals surface area contributed by atoms with E-state index >= 15 is 0 Å². The molecule has 0 radical (unpaired) electrons. The number of fused-ring (bicyclic) bond motifs is 4. The van der Waals surface area contributed by atoms with Crippen LogP contribution in [0.4, 0.5) is 0 Å². The molecule has 2 atom stereocenters. The fourth-order valence-electron chi connectivity index (χ4n) is 3.07. The zero-order chi connectivity index (χ0) is 15.1. The molecule has 1 aromatic heterocycles. The maximum atomic E-state index is 10.6. The molecule has 5 heteroatoms. The van der Waals surface area contributed by atoms with Crippen LogP contribution >= 0.6 is 0 Å². The number of azide groups is 1. The van der Waals surface area contributed by atoms with Crippen molar-refractivity contribution < 1.29 is 5.11 Å². The molecule has 1 aliphatic carbocycles. The van der Waals surface area contributed by atoms with Crippen molar-refractivity contribution >= 4 is 10.9 Å². The minimum Gasteiger partial charge on any atom is -0.388 e. The van der Waals surface area contributed by atoms with Crippen LogP contribution in [-0.4, -0.2) is 10.1 Å². The lowest BCUT2D eigenvalue weighted by Crippen LogP contribution is -2.16. The van der Waals surface area contributed by atoms with Crippen molar-refractivity contribution in [2.75, 3.05) is 0 Å². The topological polar surface area (TPSA) is 81.9 Å². The fourth-order valence-corrected chi connectivity index (χ4v) is 3.07. The van der Waals surface area contributed by atoms with Crippen LogP contribution in [0.2, 0.25) is 0 Å². The summed E-state index contributed by atoms with van der Waals surface area (Å²) in [4.78, 5) is 7.63. The molecule has 22 heavy (non-hydrogen) atoms. The second-order valence-electron chi connectivity index (χ2n) is 5.30. The third-order valence-electron chi connectivity index (χ3n) is 4.08. The van der Waals surface area contributed by atoms with E-state index in [2.05, 4.69) is 10.0 Å². The molecular weight excluding hydrogens is 276 g/mol. The number of hydrogen-bond donors (Lipinski definition) is 1. The smallest absolute Gasteiger partial charge is 0.0948 e. The van der Waals surface area contributed by atoms with Crippen LogP contribution in [-0.2, 0) is 0 Å². The average Bonchev–Trinajstić information content (AvgIpc) is 2.57. The van der Waals surface area contributed by atoms with Crippen LogP contribution < -0.4 is 0 Å². The summed E-state index contributed by atoms with van der Waals surface area (Å²) in [5.41, 5.74) is 12.9. The van der Waals surface area contributed by atoms with Gasteiger partial charge in [0.15, 0.2) is 0 Å². The van der Waals surface area contributed by atoms with E-state index < -0.39 is 12.1 Å². The molecule has 0 fully saturated rings. The molecule has 1 aliphatic rings. The Morgan fingerprint density at radius 1 is 1.05 bits per heavy atom. The highest BCUT2D eigenvalue weighted by Crippen LogP contribution is 2.46. The van der Waals surface area contributed by atoms with E-state index in [4.69, 9.17) is 10.5 Å². The summed E-state index contributed by atoms with van der Waals surface area (Å²) in [7, 11) is 0. The third kappa shape index (κ3) is 1.77. The summed E-state index contributed by atoms with van der Waals surface area (Å²) in [6.07, 6.45) is -0.859. The first-order chi connectivity index (χ1) is 10.8. The van der Waals surface area contributed by atoms with Gasteiger partial charge in [0, 0.05) is 15.9 Å². The van der Waals surface area contributed by atoms with Gasteiger partial charge in [-0.1, -0.05) is 47.6 Å². The minimum atomic E-state index is -0.859. The number of aliphatic hydroxyl groups is 1. The minimum absolute atomic E-state index is 0.660. The van der Waals surface area contributed by atoms with Gasteiger partial charge in [0.25, 0.3) is 0 Å². The molecule has 0 unspecified atom stereocenters. The largest absolute Gasteiger partial charge is 0.388 e. The van der Waals surface area contributed by atoms with E-state index in [1.807, 2.05) is 54.6 Å². The zero-order valence-electron chi connectivity index (χ0n) is 11.6. The van der Waals surface area contributed by atoms with Gasteiger partial charge in [-0.15, -0.1) is 0 Å². The van der Waals surface area contributed by atoms with Gasteiger partial charge in [0.05, 0.1) is 23.4 Å². The molecule has 106 valence electrons. The highest BCUT2D eigenvalue weighted by molar-refractivity contribution is 5.85. The Morgan fingerprint density at radius 3 is 2.68 bits per heavy atom. The lowest BCUT2D eigenvalue weighted by molar-refractivity contribution is 0.145. The molecule has 0 saturated carbocycles. The first kappa shape index (κ1) is 12.8. The quantitative estimate of drug-likeness (QED) is 0.411. The number of aliphatic hydroxyl groups excluding tert-OH is 1. The number of para-hydroxylation sites is 1. The molecule has 1 heterocycles. The number of benzene rings is 2. The summed E-state index contributed by atoms with van der Waals surface area (Å²) in [6.45, 7) is 0. The van der Waals surface area contributed by atoms with Gasteiger partial charge in [-0.2, -0.15) is 0 Å². The van der Waals surface area contributed by atoms with Crippen LogP contribution in [0, 0.1) is 0 Å². The van der Waals surface area contributed by atoms with Crippen LogP contribution in [0.15, 0.2) is 59.7 Å². The van der Waals surface area contributed by atoms with Crippen molar-refractivity contribution in [1.29, 1.82) is 0 Å². The van der Waals surface area contributed by atoms with Crippen LogP contribution in [0.5, 0.6) is 0 Å². The predicted molar refractivity (Wildman–Crippen MR) is 84.0 cm³/mol. The van der Waals surface area contributed by atoms with Crippen molar-refractivity contribution in [1.82, 2.24) is 4.98 Å². The van der Waals surface area contributed by atoms with Gasteiger partial charge in [-0.3, -0.25) is 0 Å². The van der Waals surface area contributed by atoms with Crippen LogP contribution in [0.3, 0.4) is 0 Å². The summed E-state index contributed by atoms with van der Waals surface area (Å²) in [5.74, 6) is 0. The van der Waals surface area contributed by atoms with E-state index in [1.165, 1.54) is 0 Å². The van der Waals surface area contributed by atoms with Crippen LogP contribution in [0.25, 0.3) is 32.6 Å². The summed E-state index contributed by atoms with van der Waals surface area (Å²) in [6, 6.07) is 16.6. The highest BCUT2D eigenvalue weighted by atomic mass is 16.3. The van der Waals surface area contributed by atoms with Crippen molar-refractivity contribution in [3.63, 3.8) is 0 Å². The van der Waals surface area contributed by atoms with E-state index in [1.54, 1.807) is 0 Å². The van der Waals surface area contributed by atoms with Gasteiger partial charge in [0.2, 0.25) is 0 Å². The number of rotatable bonds is 1. The molecule has 1 N–H and O–H groups in total. The second kappa shape index (κ2) is 4.84. The molecule has 0 bridgehead atoms. The lowest BCUT2D eigenvalue weighted by atomic mass is 9.83. The predicted octanol–water partition coefficient (Wildman–Crippen LogP) is 4.30. The molecule has 2 aromatic carbocycles. The Labute approximate surface area is 126 Å². The third-order valence-corrected chi connectivity index (χ3v) is 4.08. The second-order valence-corrected chi connectivity index (χ2v) is 5.30.